The number of benzene rings is 3. The molecule has 6 heteroatoms. The zero-order valence-corrected chi connectivity index (χ0v) is 20.6. The van der Waals surface area contributed by atoms with Crippen molar-refractivity contribution in [2.24, 2.45) is 0 Å². The highest BCUT2D eigenvalue weighted by Gasteiger charge is 2.24. The lowest BCUT2D eigenvalue weighted by atomic mass is 9.92. The number of fused-ring (bicyclic) bond motifs is 2. The summed E-state index contributed by atoms with van der Waals surface area (Å²) >= 11 is 0. The highest BCUT2D eigenvalue weighted by molar-refractivity contribution is 6.05. The Bertz CT molecular complexity index is 1380. The van der Waals surface area contributed by atoms with Crippen LogP contribution in [0.2, 0.25) is 0 Å². The Balaban J connectivity index is 0.00000253. The molecule has 0 amide bonds. The van der Waals surface area contributed by atoms with Crippen LogP contribution in [0.5, 0.6) is 11.5 Å². The Morgan fingerprint density at radius 1 is 0.743 bits per heavy atom. The molecule has 0 radical (unpaired) electrons. The standard InChI is InChI=1S/C29H30N2O3.ClH/c32-24-8-7-9-25(33)29(24)28-22-12-10-20(30-14-3-1-4-15-30)18-26(22)34-27-19-21(11-13-23(27)28)31-16-5-2-6-17-31;/h7-13,18-19H,1-6,14-17H2,(H,32,33);1H. The molecule has 2 N–H and O–H groups in total. The third kappa shape index (κ3) is 4.34. The average Bonchev–Trinajstić information content (AvgIpc) is 2.88. The highest BCUT2D eigenvalue weighted by Crippen LogP contribution is 2.47. The van der Waals surface area contributed by atoms with Gasteiger partial charge in [0.2, 0.25) is 5.36 Å². The molecule has 2 aromatic rings. The Labute approximate surface area is 211 Å². The number of aromatic hydroxyl groups is 2. The second-order valence-electron chi connectivity index (χ2n) is 9.60. The second-order valence-corrected chi connectivity index (χ2v) is 9.60. The fourth-order valence-electron chi connectivity index (χ4n) is 5.62. The first-order valence-corrected chi connectivity index (χ1v) is 12.5. The van der Waals surface area contributed by atoms with Gasteiger partial charge in [-0.2, -0.15) is 0 Å². The molecule has 3 aliphatic heterocycles. The quantitative estimate of drug-likeness (QED) is 0.335. The number of phenolic OH excluding ortho intramolecular Hbond substituents is 2. The van der Waals surface area contributed by atoms with Crippen molar-refractivity contribution in [2.75, 3.05) is 31.1 Å². The van der Waals surface area contributed by atoms with Crippen molar-refractivity contribution in [3.8, 4) is 33.9 Å². The first-order valence-electron chi connectivity index (χ1n) is 12.5. The van der Waals surface area contributed by atoms with Crippen molar-refractivity contribution in [1.82, 2.24) is 4.58 Å². The Kier molecular flexibility index (Phi) is 6.61. The van der Waals surface area contributed by atoms with Crippen molar-refractivity contribution < 1.29 is 27.0 Å². The van der Waals surface area contributed by atoms with Crippen LogP contribution in [0, 0.1) is 0 Å². The molecule has 2 fully saturated rings. The number of hydrogen-bond donors (Lipinski definition) is 2. The first kappa shape index (κ1) is 23.6. The van der Waals surface area contributed by atoms with Gasteiger partial charge in [-0.05, 0) is 56.0 Å². The van der Waals surface area contributed by atoms with Crippen LogP contribution in [0.1, 0.15) is 38.5 Å². The molecule has 0 unspecified atom stereocenters. The van der Waals surface area contributed by atoms with Gasteiger partial charge in [0.25, 0.3) is 0 Å². The first-order chi connectivity index (χ1) is 16.7. The molecule has 6 rings (SSSR count). The minimum absolute atomic E-state index is 0. The third-order valence-electron chi connectivity index (χ3n) is 7.40. The van der Waals surface area contributed by atoms with Crippen LogP contribution >= 0.6 is 0 Å². The zero-order chi connectivity index (χ0) is 23.1. The number of nitrogens with zero attached hydrogens (tertiary/aromatic N) is 2. The number of halogens is 1. The highest BCUT2D eigenvalue weighted by atomic mass is 35.5. The molecule has 3 heterocycles. The van der Waals surface area contributed by atoms with Gasteiger partial charge in [-0.25, -0.2) is 4.58 Å². The Hall–Kier alpha value is -3.18. The van der Waals surface area contributed by atoms with E-state index in [1.54, 1.807) is 18.2 Å². The molecule has 35 heavy (non-hydrogen) atoms. The average molecular weight is 491 g/mol. The van der Waals surface area contributed by atoms with E-state index >= 15 is 0 Å². The zero-order valence-electron chi connectivity index (χ0n) is 19.8. The van der Waals surface area contributed by atoms with E-state index in [9.17, 15) is 10.2 Å². The SMILES string of the molecule is Oc1cccc(O)c1-c1c2ccc(=[N+]3CCCCC3)cc-2oc2cc(N3CCCCC3)ccc12.[Cl-]. The maximum Gasteiger partial charge on any atom is 0.203 e. The summed E-state index contributed by atoms with van der Waals surface area (Å²) in [5.41, 5.74) is 4.07. The van der Waals surface area contributed by atoms with Crippen LogP contribution in [0.4, 0.5) is 5.69 Å². The topological polar surface area (TPSA) is 59.9 Å². The molecule has 0 bridgehead atoms. The molecule has 0 atom stereocenters. The van der Waals surface area contributed by atoms with E-state index in [1.807, 2.05) is 0 Å². The predicted molar refractivity (Wildman–Crippen MR) is 137 cm³/mol. The maximum atomic E-state index is 10.8. The van der Waals surface area contributed by atoms with Gasteiger partial charge in [0.15, 0.2) is 0 Å². The number of piperidine rings is 2. The molecular formula is C29H31ClN2O3. The van der Waals surface area contributed by atoms with E-state index in [4.69, 9.17) is 4.42 Å². The Morgan fingerprint density at radius 3 is 2.20 bits per heavy atom. The molecule has 0 aromatic heterocycles. The summed E-state index contributed by atoms with van der Waals surface area (Å²) in [4.78, 5) is 2.42. The van der Waals surface area contributed by atoms with Gasteiger partial charge in [-0.15, -0.1) is 0 Å². The number of phenols is 2. The van der Waals surface area contributed by atoms with Crippen LogP contribution in [0.3, 0.4) is 0 Å². The third-order valence-corrected chi connectivity index (χ3v) is 7.40. The van der Waals surface area contributed by atoms with E-state index in [1.165, 1.54) is 38.5 Å². The van der Waals surface area contributed by atoms with Gasteiger partial charge in [0.1, 0.15) is 35.9 Å². The lowest BCUT2D eigenvalue weighted by Gasteiger charge is -2.29. The van der Waals surface area contributed by atoms with E-state index in [0.717, 1.165) is 65.1 Å². The van der Waals surface area contributed by atoms with Gasteiger partial charge < -0.3 is 31.9 Å². The van der Waals surface area contributed by atoms with Gasteiger partial charge in [0.05, 0.1) is 11.6 Å². The van der Waals surface area contributed by atoms with E-state index in [2.05, 4.69) is 45.9 Å². The van der Waals surface area contributed by atoms with E-state index < -0.39 is 0 Å². The number of rotatable bonds is 2. The van der Waals surface area contributed by atoms with Gasteiger partial charge >= 0.3 is 0 Å². The van der Waals surface area contributed by atoms with Crippen LogP contribution in [0.15, 0.2) is 59.0 Å². The van der Waals surface area contributed by atoms with Gasteiger partial charge in [-0.1, -0.05) is 6.07 Å². The van der Waals surface area contributed by atoms with Crippen LogP contribution in [-0.2, 0) is 0 Å². The summed E-state index contributed by atoms with van der Waals surface area (Å²) in [5.74, 6) is 0.895. The second kappa shape index (κ2) is 9.82. The molecule has 182 valence electrons. The molecular weight excluding hydrogens is 460 g/mol. The van der Waals surface area contributed by atoms with E-state index in [-0.39, 0.29) is 23.9 Å². The minimum atomic E-state index is 0. The summed E-state index contributed by atoms with van der Waals surface area (Å²) in [5, 5.41) is 23.6. The molecule has 4 aliphatic rings. The fourth-order valence-corrected chi connectivity index (χ4v) is 5.62. The molecule has 2 saturated heterocycles. The van der Waals surface area contributed by atoms with Crippen LogP contribution < -0.4 is 27.2 Å². The molecule has 5 nitrogen and oxygen atoms in total. The minimum Gasteiger partial charge on any atom is -1.00 e. The molecule has 0 spiro atoms. The van der Waals surface area contributed by atoms with Crippen LogP contribution in [-0.4, -0.2) is 36.4 Å². The summed E-state index contributed by atoms with van der Waals surface area (Å²) in [7, 11) is 0. The van der Waals surface area contributed by atoms with Crippen LogP contribution in [0.25, 0.3) is 33.4 Å². The summed E-state index contributed by atoms with van der Waals surface area (Å²) in [6, 6.07) is 17.6. The normalized spacial score (nSPS) is 16.5. The van der Waals surface area contributed by atoms with Crippen molar-refractivity contribution in [1.29, 1.82) is 0 Å². The lowest BCUT2D eigenvalue weighted by molar-refractivity contribution is -0.00000925. The van der Waals surface area contributed by atoms with E-state index in [0.29, 0.717) is 5.56 Å². The number of hydrogen-bond acceptors (Lipinski definition) is 4. The smallest absolute Gasteiger partial charge is 0.203 e. The van der Waals surface area contributed by atoms with Crippen molar-refractivity contribution in [3.63, 3.8) is 0 Å². The van der Waals surface area contributed by atoms with Gasteiger partial charge in [0, 0.05) is 60.3 Å². The van der Waals surface area contributed by atoms with Crippen molar-refractivity contribution in [2.45, 2.75) is 38.5 Å². The maximum absolute atomic E-state index is 10.8. The molecule has 0 saturated carbocycles. The lowest BCUT2D eigenvalue weighted by Crippen LogP contribution is -3.00. The van der Waals surface area contributed by atoms with Gasteiger partial charge in [-0.3, -0.25) is 0 Å². The summed E-state index contributed by atoms with van der Waals surface area (Å²) < 4.78 is 8.96. The van der Waals surface area contributed by atoms with Crippen molar-refractivity contribution >= 4 is 16.7 Å². The molecule has 1 aliphatic carbocycles. The summed E-state index contributed by atoms with van der Waals surface area (Å²) in [6.07, 6.45) is 7.42. The summed E-state index contributed by atoms with van der Waals surface area (Å²) in [6.45, 7) is 4.24. The predicted octanol–water partition coefficient (Wildman–Crippen LogP) is 2.57. The largest absolute Gasteiger partial charge is 1.00 e. The fraction of sp³-hybridized carbons (Fsp3) is 0.345. The van der Waals surface area contributed by atoms with Crippen molar-refractivity contribution in [3.05, 3.63) is 60.0 Å². The number of anilines is 1. The monoisotopic (exact) mass is 490 g/mol. The molecule has 2 aromatic carbocycles. The Morgan fingerprint density at radius 2 is 1.46 bits per heavy atom.